The van der Waals surface area contributed by atoms with Crippen LogP contribution < -0.4 is 5.32 Å². The van der Waals surface area contributed by atoms with E-state index in [0.717, 1.165) is 46.6 Å². The monoisotopic (exact) mass is 426 g/mol. The third kappa shape index (κ3) is 4.05. The van der Waals surface area contributed by atoms with Gasteiger partial charge < -0.3 is 14.5 Å². The van der Waals surface area contributed by atoms with E-state index in [0.29, 0.717) is 18.8 Å². The lowest BCUT2D eigenvalue weighted by molar-refractivity contribution is 0.0206. The standard InChI is InChI=1S/C27H26N2O3/c1-19-11-13-21(14-12-19)27(30)28-24-22-9-5-6-10-23(22)32-26(24)25(20-7-3-2-4-8-20)29-15-17-31-18-16-29/h2-14,25H,15-18H2,1H3,(H,28,30)/t25-/m0/s1. The van der Waals surface area contributed by atoms with Crippen molar-refractivity contribution in [3.8, 4) is 0 Å². The minimum absolute atomic E-state index is 0.124. The van der Waals surface area contributed by atoms with Crippen LogP contribution in [-0.2, 0) is 4.74 Å². The summed E-state index contributed by atoms with van der Waals surface area (Å²) in [5, 5.41) is 4.07. The molecule has 2 heterocycles. The average molecular weight is 427 g/mol. The second-order valence-electron chi connectivity index (χ2n) is 8.12. The molecule has 1 fully saturated rings. The number of anilines is 1. The van der Waals surface area contributed by atoms with Gasteiger partial charge in [0.05, 0.1) is 24.9 Å². The van der Waals surface area contributed by atoms with Gasteiger partial charge in [-0.2, -0.15) is 0 Å². The first-order valence-electron chi connectivity index (χ1n) is 11.0. The topological polar surface area (TPSA) is 54.7 Å². The number of aryl methyl sites for hydroxylation is 1. The number of carbonyl (C=O) groups excluding carboxylic acids is 1. The summed E-state index contributed by atoms with van der Waals surface area (Å²) in [5.74, 6) is 0.603. The number of carbonyl (C=O) groups is 1. The molecule has 162 valence electrons. The Kier molecular flexibility index (Phi) is 5.75. The second kappa shape index (κ2) is 8.99. The predicted molar refractivity (Wildman–Crippen MR) is 126 cm³/mol. The second-order valence-corrected chi connectivity index (χ2v) is 8.12. The molecule has 0 unspecified atom stereocenters. The van der Waals surface area contributed by atoms with Crippen molar-refractivity contribution < 1.29 is 13.9 Å². The van der Waals surface area contributed by atoms with Crippen LogP contribution in [0.4, 0.5) is 5.69 Å². The lowest BCUT2D eigenvalue weighted by Gasteiger charge is -2.34. The molecule has 4 aromatic rings. The number of hydrogen-bond donors (Lipinski definition) is 1. The van der Waals surface area contributed by atoms with Crippen LogP contribution in [0, 0.1) is 6.92 Å². The Morgan fingerprint density at radius 1 is 0.906 bits per heavy atom. The van der Waals surface area contributed by atoms with E-state index in [4.69, 9.17) is 9.15 Å². The summed E-state index contributed by atoms with van der Waals surface area (Å²) >= 11 is 0. The van der Waals surface area contributed by atoms with Gasteiger partial charge in [0.2, 0.25) is 0 Å². The zero-order valence-corrected chi connectivity index (χ0v) is 18.1. The molecule has 1 atom stereocenters. The Bertz CT molecular complexity index is 1210. The lowest BCUT2D eigenvalue weighted by Crippen LogP contribution is -2.39. The van der Waals surface area contributed by atoms with Gasteiger partial charge in [-0.1, -0.05) is 60.2 Å². The van der Waals surface area contributed by atoms with Crippen LogP contribution in [0.25, 0.3) is 11.0 Å². The number of fused-ring (bicyclic) bond motifs is 1. The first kappa shape index (κ1) is 20.5. The molecule has 0 radical (unpaired) electrons. The van der Waals surface area contributed by atoms with Crippen LogP contribution in [0.1, 0.15) is 33.3 Å². The molecule has 1 aliphatic rings. The molecule has 5 heteroatoms. The molecule has 0 aliphatic carbocycles. The number of hydrogen-bond acceptors (Lipinski definition) is 4. The minimum Gasteiger partial charge on any atom is -0.457 e. The van der Waals surface area contributed by atoms with E-state index in [-0.39, 0.29) is 11.9 Å². The molecule has 5 rings (SSSR count). The van der Waals surface area contributed by atoms with Crippen molar-refractivity contribution in [3.05, 3.63) is 101 Å². The van der Waals surface area contributed by atoms with Gasteiger partial charge in [0, 0.05) is 24.0 Å². The van der Waals surface area contributed by atoms with E-state index in [1.54, 1.807) is 0 Å². The van der Waals surface area contributed by atoms with E-state index < -0.39 is 0 Å². The largest absolute Gasteiger partial charge is 0.457 e. The lowest BCUT2D eigenvalue weighted by atomic mass is 10.00. The molecule has 1 aliphatic heterocycles. The highest BCUT2D eigenvalue weighted by Crippen LogP contribution is 2.40. The van der Waals surface area contributed by atoms with Gasteiger partial charge in [-0.25, -0.2) is 0 Å². The maximum absolute atomic E-state index is 13.2. The SMILES string of the molecule is Cc1ccc(C(=O)Nc2c([C@H](c3ccccc3)N3CCOCC3)oc3ccccc23)cc1. The third-order valence-corrected chi connectivity index (χ3v) is 5.95. The Morgan fingerprint density at radius 2 is 1.59 bits per heavy atom. The Hall–Kier alpha value is -3.41. The molecule has 32 heavy (non-hydrogen) atoms. The van der Waals surface area contributed by atoms with Crippen LogP contribution >= 0.6 is 0 Å². The Balaban J connectivity index is 1.61. The van der Waals surface area contributed by atoms with Gasteiger partial charge >= 0.3 is 0 Å². The molecule has 5 nitrogen and oxygen atoms in total. The highest BCUT2D eigenvalue weighted by Gasteiger charge is 2.31. The number of furan rings is 1. The van der Waals surface area contributed by atoms with Gasteiger partial charge in [0.25, 0.3) is 5.91 Å². The van der Waals surface area contributed by atoms with E-state index in [2.05, 4.69) is 22.3 Å². The number of para-hydroxylation sites is 1. The van der Waals surface area contributed by atoms with Gasteiger partial charge in [0.15, 0.2) is 0 Å². The van der Waals surface area contributed by atoms with Gasteiger partial charge in [-0.3, -0.25) is 9.69 Å². The summed E-state index contributed by atoms with van der Waals surface area (Å²) in [6, 6.07) is 25.6. The van der Waals surface area contributed by atoms with E-state index in [1.807, 2.05) is 73.7 Å². The smallest absolute Gasteiger partial charge is 0.255 e. The number of nitrogens with zero attached hydrogens (tertiary/aromatic N) is 1. The van der Waals surface area contributed by atoms with Crippen molar-refractivity contribution in [2.24, 2.45) is 0 Å². The van der Waals surface area contributed by atoms with E-state index in [1.165, 1.54) is 0 Å². The molecular weight excluding hydrogens is 400 g/mol. The highest BCUT2D eigenvalue weighted by molar-refractivity contribution is 6.09. The summed E-state index contributed by atoms with van der Waals surface area (Å²) in [5.41, 5.74) is 4.35. The van der Waals surface area contributed by atoms with Crippen molar-refractivity contribution in [2.75, 3.05) is 31.6 Å². The van der Waals surface area contributed by atoms with Crippen LogP contribution in [0.2, 0.25) is 0 Å². The summed E-state index contributed by atoms with van der Waals surface area (Å²) in [6.07, 6.45) is 0. The molecule has 1 saturated heterocycles. The molecule has 0 bridgehead atoms. The highest BCUT2D eigenvalue weighted by atomic mass is 16.5. The van der Waals surface area contributed by atoms with Gasteiger partial charge in [-0.15, -0.1) is 0 Å². The summed E-state index contributed by atoms with van der Waals surface area (Å²) in [6.45, 7) is 4.95. The van der Waals surface area contributed by atoms with Crippen molar-refractivity contribution in [2.45, 2.75) is 13.0 Å². The number of amides is 1. The van der Waals surface area contributed by atoms with Crippen LogP contribution in [0.3, 0.4) is 0 Å². The zero-order valence-electron chi connectivity index (χ0n) is 18.1. The molecule has 3 aromatic carbocycles. The quantitative estimate of drug-likeness (QED) is 0.463. The maximum atomic E-state index is 13.2. The van der Waals surface area contributed by atoms with Gasteiger partial charge in [-0.05, 0) is 36.8 Å². The van der Waals surface area contributed by atoms with Crippen molar-refractivity contribution in [1.29, 1.82) is 0 Å². The van der Waals surface area contributed by atoms with E-state index in [9.17, 15) is 4.79 Å². The minimum atomic E-state index is -0.147. The molecule has 0 saturated carbocycles. The summed E-state index contributed by atoms with van der Waals surface area (Å²) < 4.78 is 12.0. The summed E-state index contributed by atoms with van der Waals surface area (Å²) in [4.78, 5) is 15.5. The number of morpholine rings is 1. The zero-order chi connectivity index (χ0) is 21.9. The normalized spacial score (nSPS) is 15.5. The number of ether oxygens (including phenoxy) is 1. The third-order valence-electron chi connectivity index (χ3n) is 5.95. The van der Waals surface area contributed by atoms with Crippen LogP contribution in [-0.4, -0.2) is 37.1 Å². The number of rotatable bonds is 5. The molecule has 1 amide bonds. The van der Waals surface area contributed by atoms with Crippen molar-refractivity contribution in [1.82, 2.24) is 4.90 Å². The first-order chi connectivity index (χ1) is 15.7. The average Bonchev–Trinajstić information content (AvgIpc) is 3.19. The molecule has 0 spiro atoms. The van der Waals surface area contributed by atoms with E-state index >= 15 is 0 Å². The molecule has 1 aromatic heterocycles. The Morgan fingerprint density at radius 3 is 2.34 bits per heavy atom. The first-order valence-corrected chi connectivity index (χ1v) is 11.0. The van der Waals surface area contributed by atoms with Crippen molar-refractivity contribution in [3.63, 3.8) is 0 Å². The fraction of sp³-hybridized carbons (Fsp3) is 0.222. The molecular formula is C27H26N2O3. The van der Waals surface area contributed by atoms with Crippen molar-refractivity contribution >= 4 is 22.6 Å². The number of benzene rings is 3. The molecule has 1 N–H and O–H groups in total. The predicted octanol–water partition coefficient (Wildman–Crippen LogP) is 5.42. The van der Waals surface area contributed by atoms with Gasteiger partial charge in [0.1, 0.15) is 11.3 Å². The fourth-order valence-electron chi connectivity index (χ4n) is 4.28. The maximum Gasteiger partial charge on any atom is 0.255 e. The summed E-state index contributed by atoms with van der Waals surface area (Å²) in [7, 11) is 0. The fourth-order valence-corrected chi connectivity index (χ4v) is 4.28. The van der Waals surface area contributed by atoms with Crippen LogP contribution in [0.15, 0.2) is 83.3 Å². The number of nitrogens with one attached hydrogen (secondary N) is 1. The Labute approximate surface area is 187 Å². The van der Waals surface area contributed by atoms with Crippen LogP contribution in [0.5, 0.6) is 0 Å².